The number of hydrogen-bond acceptors (Lipinski definition) is 6. The van der Waals surface area contributed by atoms with Crippen molar-refractivity contribution in [2.24, 2.45) is 5.92 Å². The molecule has 8 heteroatoms. The number of aromatic nitrogens is 4. The van der Waals surface area contributed by atoms with Crippen LogP contribution in [-0.4, -0.2) is 43.6 Å². The molecule has 1 amide bonds. The molecule has 0 aliphatic carbocycles. The van der Waals surface area contributed by atoms with E-state index < -0.39 is 0 Å². The number of likely N-dealkylation sites (tertiary alicyclic amines) is 1. The fourth-order valence-corrected chi connectivity index (χ4v) is 4.76. The van der Waals surface area contributed by atoms with Crippen LogP contribution in [-0.2, 0) is 24.4 Å². The van der Waals surface area contributed by atoms with Crippen molar-refractivity contribution < 1.29 is 9.32 Å². The van der Waals surface area contributed by atoms with Crippen molar-refractivity contribution in [3.63, 3.8) is 0 Å². The molecule has 4 aromatic rings. The van der Waals surface area contributed by atoms with Crippen molar-refractivity contribution in [1.82, 2.24) is 29.9 Å². The number of hydrogen-bond donors (Lipinski definition) is 1. The highest BCUT2D eigenvalue weighted by atomic mass is 16.5. The Labute approximate surface area is 211 Å². The number of carbonyl (C=O) groups is 1. The Balaban J connectivity index is 1.14. The predicted molar refractivity (Wildman–Crippen MR) is 137 cm³/mol. The molecule has 1 aliphatic heterocycles. The first-order valence-corrected chi connectivity index (χ1v) is 12.5. The van der Waals surface area contributed by atoms with E-state index in [1.54, 1.807) is 0 Å². The van der Waals surface area contributed by atoms with Crippen LogP contribution in [0.3, 0.4) is 0 Å². The highest BCUT2D eigenvalue weighted by molar-refractivity contribution is 5.79. The Bertz CT molecular complexity index is 1330. The first-order chi connectivity index (χ1) is 17.5. The molecule has 1 saturated heterocycles. The molecule has 1 N–H and O–H groups in total. The van der Waals surface area contributed by atoms with Gasteiger partial charge in [0, 0.05) is 37.6 Å². The predicted octanol–water partition coefficient (Wildman–Crippen LogP) is 4.13. The fraction of sp³-hybridized carbons (Fsp3) is 0.357. The summed E-state index contributed by atoms with van der Waals surface area (Å²) in [6.07, 6.45) is 5.65. The average molecular weight is 485 g/mol. The molecular weight excluding hydrogens is 452 g/mol. The van der Waals surface area contributed by atoms with Crippen LogP contribution in [0, 0.1) is 19.8 Å². The van der Waals surface area contributed by atoms with Crippen molar-refractivity contribution in [2.75, 3.05) is 13.1 Å². The van der Waals surface area contributed by atoms with E-state index in [2.05, 4.69) is 48.1 Å². The van der Waals surface area contributed by atoms with Crippen molar-refractivity contribution in [2.45, 2.75) is 46.3 Å². The van der Waals surface area contributed by atoms with Gasteiger partial charge in [0.2, 0.25) is 17.6 Å². The van der Waals surface area contributed by atoms with Gasteiger partial charge in [0.25, 0.3) is 0 Å². The van der Waals surface area contributed by atoms with E-state index >= 15 is 0 Å². The van der Waals surface area contributed by atoms with Gasteiger partial charge in [-0.1, -0.05) is 53.2 Å². The van der Waals surface area contributed by atoms with Gasteiger partial charge >= 0.3 is 0 Å². The van der Waals surface area contributed by atoms with Gasteiger partial charge in [-0.05, 0) is 50.4 Å². The number of aryl methyl sites for hydroxylation is 2. The van der Waals surface area contributed by atoms with Crippen LogP contribution < -0.4 is 5.32 Å². The second-order valence-electron chi connectivity index (χ2n) is 9.60. The molecule has 1 atom stereocenters. The summed E-state index contributed by atoms with van der Waals surface area (Å²) in [4.78, 5) is 24.1. The first kappa shape index (κ1) is 23.9. The highest BCUT2D eigenvalue weighted by Crippen LogP contribution is 2.21. The zero-order chi connectivity index (χ0) is 24.9. The number of rotatable bonds is 8. The first-order valence-electron chi connectivity index (χ1n) is 12.5. The zero-order valence-electron chi connectivity index (χ0n) is 20.9. The van der Waals surface area contributed by atoms with Crippen molar-refractivity contribution in [3.8, 4) is 11.4 Å². The van der Waals surface area contributed by atoms with Crippen LogP contribution in [0.15, 0.2) is 65.4 Å². The summed E-state index contributed by atoms with van der Waals surface area (Å²) < 4.78 is 7.62. The summed E-state index contributed by atoms with van der Waals surface area (Å²) >= 11 is 0. The van der Waals surface area contributed by atoms with Gasteiger partial charge in [0.15, 0.2) is 0 Å². The summed E-state index contributed by atoms with van der Waals surface area (Å²) in [5.74, 6) is 2.22. The quantitative estimate of drug-likeness (QED) is 0.405. The third-order valence-corrected chi connectivity index (χ3v) is 6.71. The number of nitrogens with one attached hydrogen (secondary N) is 1. The summed E-state index contributed by atoms with van der Waals surface area (Å²) in [6, 6.07) is 16.4. The topological polar surface area (TPSA) is 89.1 Å². The molecule has 2 aromatic carbocycles. The van der Waals surface area contributed by atoms with E-state index in [9.17, 15) is 4.79 Å². The maximum atomic E-state index is 13.0. The fourth-order valence-electron chi connectivity index (χ4n) is 4.76. The largest absolute Gasteiger partial charge is 0.352 e. The van der Waals surface area contributed by atoms with E-state index in [0.29, 0.717) is 31.3 Å². The number of amides is 1. The van der Waals surface area contributed by atoms with E-state index in [1.165, 1.54) is 5.56 Å². The molecule has 8 nitrogen and oxygen atoms in total. The van der Waals surface area contributed by atoms with E-state index in [0.717, 1.165) is 48.4 Å². The van der Waals surface area contributed by atoms with E-state index in [-0.39, 0.29) is 11.8 Å². The lowest BCUT2D eigenvalue weighted by atomic mass is 9.97. The van der Waals surface area contributed by atoms with Crippen molar-refractivity contribution in [3.05, 3.63) is 89.3 Å². The molecule has 1 unspecified atom stereocenters. The summed E-state index contributed by atoms with van der Waals surface area (Å²) in [7, 11) is 0. The number of carbonyl (C=O) groups excluding carboxylic acids is 1. The van der Waals surface area contributed by atoms with Gasteiger partial charge in [-0.2, -0.15) is 4.98 Å². The second kappa shape index (κ2) is 10.9. The molecule has 5 rings (SSSR count). The number of imidazole rings is 1. The molecule has 0 bridgehead atoms. The Hall–Kier alpha value is -3.78. The summed E-state index contributed by atoms with van der Waals surface area (Å²) in [5.41, 5.74) is 4.39. The normalized spacial score (nSPS) is 16.2. The third-order valence-electron chi connectivity index (χ3n) is 6.71. The molecule has 1 aliphatic rings. The van der Waals surface area contributed by atoms with Crippen LogP contribution in [0.5, 0.6) is 0 Å². The maximum absolute atomic E-state index is 13.0. The van der Waals surface area contributed by atoms with Crippen LogP contribution in [0.1, 0.15) is 41.2 Å². The number of nitrogens with zero attached hydrogens (tertiary/aromatic N) is 5. The lowest BCUT2D eigenvalue weighted by molar-refractivity contribution is -0.127. The van der Waals surface area contributed by atoms with E-state index in [4.69, 9.17) is 4.52 Å². The van der Waals surface area contributed by atoms with Gasteiger partial charge in [-0.25, -0.2) is 4.98 Å². The van der Waals surface area contributed by atoms with Gasteiger partial charge in [-0.3, -0.25) is 9.69 Å². The van der Waals surface area contributed by atoms with E-state index in [1.807, 2.05) is 56.6 Å². The number of benzene rings is 2. The average Bonchev–Trinajstić information content (AvgIpc) is 3.52. The monoisotopic (exact) mass is 484 g/mol. The molecule has 2 aromatic heterocycles. The van der Waals surface area contributed by atoms with Crippen LogP contribution in [0.2, 0.25) is 0 Å². The molecule has 0 saturated carbocycles. The molecule has 3 heterocycles. The van der Waals surface area contributed by atoms with Crippen molar-refractivity contribution in [1.29, 1.82) is 0 Å². The summed E-state index contributed by atoms with van der Waals surface area (Å²) in [6.45, 7) is 7.50. The van der Waals surface area contributed by atoms with Crippen LogP contribution in [0.4, 0.5) is 0 Å². The summed E-state index contributed by atoms with van der Waals surface area (Å²) in [5, 5.41) is 7.29. The lowest BCUT2D eigenvalue weighted by Crippen LogP contribution is -2.42. The highest BCUT2D eigenvalue weighted by Gasteiger charge is 2.27. The molecule has 36 heavy (non-hydrogen) atoms. The zero-order valence-corrected chi connectivity index (χ0v) is 20.9. The third kappa shape index (κ3) is 5.88. The van der Waals surface area contributed by atoms with Gasteiger partial charge < -0.3 is 14.4 Å². The standard InChI is InChI=1S/C28H32N6O2/c1-20-6-3-9-24(14-20)27-31-26(36-32-27)19-33-12-5-10-25(18-33)28(35)30-16-22-7-4-8-23(15-22)17-34-13-11-29-21(34)2/h3-4,6-9,11,13-15,25H,5,10,12,16-19H2,1-2H3,(H,30,35). The van der Waals surface area contributed by atoms with Gasteiger partial charge in [0.05, 0.1) is 12.5 Å². The Kier molecular flexibility index (Phi) is 7.23. The minimum Gasteiger partial charge on any atom is -0.352 e. The molecule has 0 spiro atoms. The minimum atomic E-state index is -0.0466. The number of piperidine rings is 1. The van der Waals surface area contributed by atoms with Crippen molar-refractivity contribution >= 4 is 5.91 Å². The smallest absolute Gasteiger partial charge is 0.241 e. The second-order valence-corrected chi connectivity index (χ2v) is 9.60. The Morgan fingerprint density at radius 3 is 2.81 bits per heavy atom. The van der Waals surface area contributed by atoms with Gasteiger partial charge in [-0.15, -0.1) is 0 Å². The molecule has 1 fully saturated rings. The molecular formula is C28H32N6O2. The minimum absolute atomic E-state index is 0.0466. The maximum Gasteiger partial charge on any atom is 0.241 e. The Morgan fingerprint density at radius 2 is 1.97 bits per heavy atom. The Morgan fingerprint density at radius 1 is 1.11 bits per heavy atom. The SMILES string of the molecule is Cc1cccc(-c2noc(CN3CCCC(C(=O)NCc4cccc(Cn5ccnc5C)c4)C3)n2)c1. The van der Waals surface area contributed by atoms with Crippen LogP contribution in [0.25, 0.3) is 11.4 Å². The van der Waals surface area contributed by atoms with Crippen LogP contribution >= 0.6 is 0 Å². The van der Waals surface area contributed by atoms with Gasteiger partial charge in [0.1, 0.15) is 5.82 Å². The lowest BCUT2D eigenvalue weighted by Gasteiger charge is -2.30. The molecule has 0 radical (unpaired) electrons. The molecule has 186 valence electrons.